The monoisotopic (exact) mass is 351 g/mol. The second-order valence-corrected chi connectivity index (χ2v) is 6.31. The van der Waals surface area contributed by atoms with E-state index in [4.69, 9.17) is 5.11 Å². The van der Waals surface area contributed by atoms with Crippen LogP contribution in [-0.2, 0) is 4.79 Å². The summed E-state index contributed by atoms with van der Waals surface area (Å²) in [5.41, 5.74) is 2.10. The smallest absolute Gasteiger partial charge is 0.328 e. The average molecular weight is 352 g/mol. The molecule has 0 heterocycles. The van der Waals surface area contributed by atoms with Gasteiger partial charge in [0.15, 0.2) is 0 Å². The Morgan fingerprint density at radius 3 is 2.67 bits per heavy atom. The molecule has 21 heavy (non-hydrogen) atoms. The van der Waals surface area contributed by atoms with Gasteiger partial charge in [-0.2, -0.15) is 0 Å². The number of carbonyl (C=O) groups is 1. The fourth-order valence-electron chi connectivity index (χ4n) is 3.04. The van der Waals surface area contributed by atoms with Gasteiger partial charge in [-0.1, -0.05) is 41.3 Å². The lowest BCUT2D eigenvalue weighted by molar-refractivity contribution is -0.131. The topological polar surface area (TPSA) is 40.5 Å². The van der Waals surface area contributed by atoms with Crippen molar-refractivity contribution in [1.82, 2.24) is 0 Å². The highest BCUT2D eigenvalue weighted by atomic mass is 79.9. The van der Waals surface area contributed by atoms with Crippen LogP contribution in [0, 0.1) is 0 Å². The molecule has 4 heteroatoms. The van der Waals surface area contributed by atoms with Crippen LogP contribution in [0.5, 0.6) is 0 Å². The molecule has 3 nitrogen and oxygen atoms in total. The van der Waals surface area contributed by atoms with Crippen LogP contribution in [0.4, 0.5) is 5.69 Å². The fraction of sp³-hybridized carbons (Fsp3) is 0.471. The highest BCUT2D eigenvalue weighted by Gasteiger charge is 2.20. The van der Waals surface area contributed by atoms with Gasteiger partial charge in [-0.3, -0.25) is 0 Å². The first kappa shape index (κ1) is 16.1. The molecule has 0 radical (unpaired) electrons. The molecule has 1 aliphatic rings. The van der Waals surface area contributed by atoms with Crippen molar-refractivity contribution in [1.29, 1.82) is 0 Å². The molecule has 0 unspecified atom stereocenters. The van der Waals surface area contributed by atoms with Gasteiger partial charge in [0.25, 0.3) is 0 Å². The lowest BCUT2D eigenvalue weighted by atomic mass is 9.93. The fourth-order valence-corrected chi connectivity index (χ4v) is 3.53. The molecule has 1 N–H and O–H groups in total. The largest absolute Gasteiger partial charge is 0.478 e. The molecule has 0 saturated heterocycles. The minimum absolute atomic E-state index is 0.635. The number of anilines is 1. The van der Waals surface area contributed by atoms with Crippen molar-refractivity contribution < 1.29 is 9.90 Å². The predicted molar refractivity (Wildman–Crippen MR) is 90.7 cm³/mol. The Morgan fingerprint density at radius 2 is 2.10 bits per heavy atom. The summed E-state index contributed by atoms with van der Waals surface area (Å²) in [6.07, 6.45) is 9.32. The molecule has 1 aromatic rings. The quantitative estimate of drug-likeness (QED) is 0.781. The van der Waals surface area contributed by atoms with Gasteiger partial charge in [0.1, 0.15) is 0 Å². The van der Waals surface area contributed by atoms with Gasteiger partial charge in [0, 0.05) is 28.8 Å². The number of aliphatic carboxylic acids is 1. The first-order valence-corrected chi connectivity index (χ1v) is 8.38. The molecule has 0 aromatic heterocycles. The summed E-state index contributed by atoms with van der Waals surface area (Å²) in [6.45, 7) is 3.20. The molecule has 1 aromatic carbocycles. The molecular formula is C17H22BrNO2. The van der Waals surface area contributed by atoms with Crippen molar-refractivity contribution >= 4 is 33.7 Å². The van der Waals surface area contributed by atoms with Crippen molar-refractivity contribution in [3.63, 3.8) is 0 Å². The van der Waals surface area contributed by atoms with Gasteiger partial charge >= 0.3 is 5.97 Å². The lowest BCUT2D eigenvalue weighted by Gasteiger charge is -2.35. The van der Waals surface area contributed by atoms with E-state index in [0.29, 0.717) is 6.04 Å². The molecule has 1 saturated carbocycles. The van der Waals surface area contributed by atoms with Crippen molar-refractivity contribution in [2.24, 2.45) is 0 Å². The average Bonchev–Trinajstić information content (AvgIpc) is 2.48. The van der Waals surface area contributed by atoms with E-state index in [1.54, 1.807) is 6.08 Å². The van der Waals surface area contributed by atoms with Crippen molar-refractivity contribution in [3.05, 3.63) is 34.3 Å². The van der Waals surface area contributed by atoms with Crippen molar-refractivity contribution in [3.8, 4) is 0 Å². The Morgan fingerprint density at radius 1 is 1.38 bits per heavy atom. The first-order chi connectivity index (χ1) is 10.1. The van der Waals surface area contributed by atoms with E-state index >= 15 is 0 Å². The molecule has 0 bridgehead atoms. The van der Waals surface area contributed by atoms with Crippen molar-refractivity contribution in [2.45, 2.75) is 45.1 Å². The van der Waals surface area contributed by atoms with Gasteiger partial charge in [-0.05, 0) is 43.5 Å². The van der Waals surface area contributed by atoms with Gasteiger partial charge in [-0.15, -0.1) is 0 Å². The normalized spacial score (nSPS) is 16.3. The second kappa shape index (κ2) is 7.64. The Kier molecular flexibility index (Phi) is 5.85. The molecule has 0 spiro atoms. The third-order valence-electron chi connectivity index (χ3n) is 4.08. The summed E-state index contributed by atoms with van der Waals surface area (Å²) in [6, 6.07) is 6.80. The number of carboxylic acid groups (broad SMARTS) is 1. The standard InChI is InChI=1S/C17H22BrNO2/c1-2-19(14-6-4-3-5-7-14)15-10-8-13(16(18)12-15)9-11-17(20)21/h8-12,14H,2-7H2,1H3,(H,20,21)/b11-9+. The number of benzene rings is 1. The zero-order valence-electron chi connectivity index (χ0n) is 12.4. The van der Waals surface area contributed by atoms with Crippen LogP contribution in [0.3, 0.4) is 0 Å². The highest BCUT2D eigenvalue weighted by molar-refractivity contribution is 9.10. The minimum Gasteiger partial charge on any atom is -0.478 e. The zero-order chi connectivity index (χ0) is 15.2. The molecule has 2 rings (SSSR count). The van der Waals surface area contributed by atoms with E-state index < -0.39 is 5.97 Å². The van der Waals surface area contributed by atoms with Crippen molar-refractivity contribution in [2.75, 3.05) is 11.4 Å². The Labute approximate surface area is 134 Å². The Bertz CT molecular complexity index is 522. The van der Waals surface area contributed by atoms with E-state index in [9.17, 15) is 4.79 Å². The number of carboxylic acids is 1. The van der Waals surface area contributed by atoms with E-state index in [-0.39, 0.29) is 0 Å². The molecule has 114 valence electrons. The number of nitrogens with zero attached hydrogens (tertiary/aromatic N) is 1. The summed E-state index contributed by atoms with van der Waals surface area (Å²) in [7, 11) is 0. The molecule has 1 fully saturated rings. The number of hydrogen-bond acceptors (Lipinski definition) is 2. The minimum atomic E-state index is -0.927. The number of halogens is 1. The van der Waals surface area contributed by atoms with Gasteiger partial charge in [-0.25, -0.2) is 4.79 Å². The zero-order valence-corrected chi connectivity index (χ0v) is 14.0. The molecule has 0 amide bonds. The molecule has 1 aliphatic carbocycles. The van der Waals surface area contributed by atoms with Gasteiger partial charge in [0.2, 0.25) is 0 Å². The summed E-state index contributed by atoms with van der Waals surface area (Å²) in [4.78, 5) is 13.1. The molecule has 0 aliphatic heterocycles. The third kappa shape index (κ3) is 4.34. The Balaban J connectivity index is 2.18. The van der Waals surface area contributed by atoms with E-state index in [1.807, 2.05) is 6.07 Å². The van der Waals surface area contributed by atoms with E-state index in [2.05, 4.69) is 39.9 Å². The third-order valence-corrected chi connectivity index (χ3v) is 4.76. The van der Waals surface area contributed by atoms with Gasteiger partial charge < -0.3 is 10.0 Å². The lowest BCUT2D eigenvalue weighted by Crippen LogP contribution is -2.36. The Hall–Kier alpha value is -1.29. The summed E-state index contributed by atoms with van der Waals surface area (Å²) in [5.74, 6) is -0.927. The van der Waals surface area contributed by atoms with Crippen LogP contribution in [-0.4, -0.2) is 23.7 Å². The highest BCUT2D eigenvalue weighted by Crippen LogP contribution is 2.30. The summed E-state index contributed by atoms with van der Waals surface area (Å²) in [5, 5.41) is 8.71. The van der Waals surface area contributed by atoms with Gasteiger partial charge in [0.05, 0.1) is 0 Å². The summed E-state index contributed by atoms with van der Waals surface area (Å²) >= 11 is 3.55. The maximum atomic E-state index is 10.6. The van der Waals surface area contributed by atoms with E-state index in [1.165, 1.54) is 43.9 Å². The first-order valence-electron chi connectivity index (χ1n) is 7.59. The van der Waals surface area contributed by atoms with Crippen LogP contribution in [0.15, 0.2) is 28.7 Å². The van der Waals surface area contributed by atoms with Crippen LogP contribution >= 0.6 is 15.9 Å². The van der Waals surface area contributed by atoms with Crippen LogP contribution in [0.25, 0.3) is 6.08 Å². The molecular weight excluding hydrogens is 330 g/mol. The number of hydrogen-bond donors (Lipinski definition) is 1. The van der Waals surface area contributed by atoms with Crippen LogP contribution in [0.2, 0.25) is 0 Å². The van der Waals surface area contributed by atoms with Crippen LogP contribution in [0.1, 0.15) is 44.6 Å². The van der Waals surface area contributed by atoms with E-state index in [0.717, 1.165) is 16.6 Å². The molecule has 0 atom stereocenters. The SMILES string of the molecule is CCN(c1ccc(/C=C/C(=O)O)c(Br)c1)C1CCCCC1. The second-order valence-electron chi connectivity index (χ2n) is 5.46. The van der Waals surface area contributed by atoms with Crippen LogP contribution < -0.4 is 4.90 Å². The predicted octanol–water partition coefficient (Wildman–Crippen LogP) is 4.71. The maximum absolute atomic E-state index is 10.6. The maximum Gasteiger partial charge on any atom is 0.328 e. The summed E-state index contributed by atoms with van der Waals surface area (Å²) < 4.78 is 0.937. The number of rotatable bonds is 5.